The van der Waals surface area contributed by atoms with Crippen molar-refractivity contribution in [3.63, 3.8) is 0 Å². The Balaban J connectivity index is 1.94. The summed E-state index contributed by atoms with van der Waals surface area (Å²) in [7, 11) is 1.58. The quantitative estimate of drug-likeness (QED) is 0.657. The van der Waals surface area contributed by atoms with Gasteiger partial charge in [0.1, 0.15) is 5.75 Å². The van der Waals surface area contributed by atoms with Crippen LogP contribution in [0.5, 0.6) is 5.75 Å². The van der Waals surface area contributed by atoms with Crippen molar-refractivity contribution >= 4 is 29.0 Å². The Morgan fingerprint density at radius 2 is 2.05 bits per heavy atom. The molecule has 2 aromatic carbocycles. The monoisotopic (exact) mass is 302 g/mol. The Morgan fingerprint density at radius 1 is 1.29 bits per heavy atom. The zero-order valence-corrected chi connectivity index (χ0v) is 12.9. The number of carbonyl (C=O) groups is 1. The van der Waals surface area contributed by atoms with Crippen LogP contribution in [0.1, 0.15) is 5.56 Å². The number of carbonyl (C=O) groups excluding carboxylic acids is 1. The number of nitrogens with two attached hydrogens (primary N) is 1. The first-order chi connectivity index (χ1) is 10.1. The number of aryl methyl sites for hydroxylation is 1. The second-order valence-electron chi connectivity index (χ2n) is 4.56. The first kappa shape index (κ1) is 15.3. The van der Waals surface area contributed by atoms with Gasteiger partial charge in [-0.2, -0.15) is 0 Å². The molecule has 0 heterocycles. The van der Waals surface area contributed by atoms with Crippen molar-refractivity contribution in [1.82, 2.24) is 0 Å². The maximum atomic E-state index is 12.0. The lowest BCUT2D eigenvalue weighted by Gasteiger charge is -2.10. The largest absolute Gasteiger partial charge is 0.495 e. The van der Waals surface area contributed by atoms with Crippen LogP contribution in [0.15, 0.2) is 47.4 Å². The Hall–Kier alpha value is -2.14. The third kappa shape index (κ3) is 4.16. The fraction of sp³-hybridized carbons (Fsp3) is 0.188. The second kappa shape index (κ2) is 7.04. The van der Waals surface area contributed by atoms with Gasteiger partial charge in [0.2, 0.25) is 5.91 Å². The standard InChI is InChI=1S/C16H18N2O2S/c1-11-9-12(7-8-13(11)17)21-10-16(19)18-14-5-3-4-6-15(14)20-2/h3-9H,10,17H2,1-2H3,(H,18,19). The highest BCUT2D eigenvalue weighted by atomic mass is 32.2. The summed E-state index contributed by atoms with van der Waals surface area (Å²) in [5.41, 5.74) is 8.24. The van der Waals surface area contributed by atoms with Gasteiger partial charge in [-0.25, -0.2) is 0 Å². The molecule has 0 atom stereocenters. The SMILES string of the molecule is COc1ccccc1NC(=O)CSc1ccc(N)c(C)c1. The Morgan fingerprint density at radius 3 is 2.76 bits per heavy atom. The predicted molar refractivity (Wildman–Crippen MR) is 87.9 cm³/mol. The average molecular weight is 302 g/mol. The van der Waals surface area contributed by atoms with Gasteiger partial charge >= 0.3 is 0 Å². The van der Waals surface area contributed by atoms with Gasteiger partial charge in [0, 0.05) is 10.6 Å². The van der Waals surface area contributed by atoms with E-state index in [0.717, 1.165) is 16.1 Å². The molecule has 5 heteroatoms. The molecule has 0 radical (unpaired) electrons. The van der Waals surface area contributed by atoms with Crippen molar-refractivity contribution in [3.8, 4) is 5.75 Å². The van der Waals surface area contributed by atoms with Crippen LogP contribution < -0.4 is 15.8 Å². The van der Waals surface area contributed by atoms with Gasteiger partial charge < -0.3 is 15.8 Å². The van der Waals surface area contributed by atoms with E-state index in [0.29, 0.717) is 17.2 Å². The van der Waals surface area contributed by atoms with Crippen LogP contribution in [0.4, 0.5) is 11.4 Å². The predicted octanol–water partition coefficient (Wildman–Crippen LogP) is 3.32. The van der Waals surface area contributed by atoms with Gasteiger partial charge in [-0.15, -0.1) is 11.8 Å². The number of hydrogen-bond acceptors (Lipinski definition) is 4. The summed E-state index contributed by atoms with van der Waals surface area (Å²) in [6.45, 7) is 1.95. The summed E-state index contributed by atoms with van der Waals surface area (Å²) in [6.07, 6.45) is 0. The van der Waals surface area contributed by atoms with Crippen LogP contribution in [0, 0.1) is 6.92 Å². The number of para-hydroxylation sites is 2. The van der Waals surface area contributed by atoms with Crippen LogP contribution in [-0.4, -0.2) is 18.8 Å². The molecule has 0 aliphatic carbocycles. The lowest BCUT2D eigenvalue weighted by molar-refractivity contribution is -0.113. The number of ether oxygens (including phenoxy) is 1. The smallest absolute Gasteiger partial charge is 0.234 e. The molecule has 0 saturated carbocycles. The normalized spacial score (nSPS) is 10.2. The molecule has 21 heavy (non-hydrogen) atoms. The van der Waals surface area contributed by atoms with Gasteiger partial charge in [-0.3, -0.25) is 4.79 Å². The van der Waals surface area contributed by atoms with Gasteiger partial charge in [0.15, 0.2) is 0 Å². The fourth-order valence-electron chi connectivity index (χ4n) is 1.82. The average Bonchev–Trinajstić information content (AvgIpc) is 2.49. The minimum Gasteiger partial charge on any atom is -0.495 e. The lowest BCUT2D eigenvalue weighted by Crippen LogP contribution is -2.14. The zero-order chi connectivity index (χ0) is 15.2. The first-order valence-electron chi connectivity index (χ1n) is 6.52. The fourth-order valence-corrected chi connectivity index (χ4v) is 2.62. The summed E-state index contributed by atoms with van der Waals surface area (Å²) < 4.78 is 5.20. The molecule has 1 amide bonds. The van der Waals surface area contributed by atoms with Crippen LogP contribution in [0.2, 0.25) is 0 Å². The van der Waals surface area contributed by atoms with Gasteiger partial charge in [0.25, 0.3) is 0 Å². The molecule has 4 nitrogen and oxygen atoms in total. The van der Waals surface area contributed by atoms with Crippen molar-refractivity contribution in [2.45, 2.75) is 11.8 Å². The van der Waals surface area contributed by atoms with E-state index in [4.69, 9.17) is 10.5 Å². The van der Waals surface area contributed by atoms with Crippen LogP contribution in [-0.2, 0) is 4.79 Å². The maximum Gasteiger partial charge on any atom is 0.234 e. The minimum atomic E-state index is -0.0704. The molecular weight excluding hydrogens is 284 g/mol. The third-order valence-corrected chi connectivity index (χ3v) is 3.99. The topological polar surface area (TPSA) is 64.3 Å². The number of nitrogens with one attached hydrogen (secondary N) is 1. The molecule has 0 fully saturated rings. The molecule has 0 aliphatic heterocycles. The van der Waals surface area contributed by atoms with Crippen LogP contribution in [0.25, 0.3) is 0 Å². The molecule has 0 bridgehead atoms. The van der Waals surface area contributed by atoms with Crippen molar-refractivity contribution < 1.29 is 9.53 Å². The van der Waals surface area contributed by atoms with E-state index < -0.39 is 0 Å². The lowest BCUT2D eigenvalue weighted by atomic mass is 10.2. The number of rotatable bonds is 5. The van der Waals surface area contributed by atoms with E-state index in [1.54, 1.807) is 7.11 Å². The maximum absolute atomic E-state index is 12.0. The number of methoxy groups -OCH3 is 1. The van der Waals surface area contributed by atoms with Crippen molar-refractivity contribution in [3.05, 3.63) is 48.0 Å². The third-order valence-electron chi connectivity index (χ3n) is 2.99. The number of benzene rings is 2. The van der Waals surface area contributed by atoms with E-state index in [1.165, 1.54) is 11.8 Å². The molecular formula is C16H18N2O2S. The Labute approximate surface area is 128 Å². The van der Waals surface area contributed by atoms with Gasteiger partial charge in [-0.05, 0) is 42.8 Å². The van der Waals surface area contributed by atoms with E-state index in [-0.39, 0.29) is 5.91 Å². The Bertz CT molecular complexity index is 644. The first-order valence-corrected chi connectivity index (χ1v) is 7.50. The number of thioether (sulfide) groups is 1. The molecule has 3 N–H and O–H groups in total. The summed E-state index contributed by atoms with van der Waals surface area (Å²) in [4.78, 5) is 13.0. The molecule has 2 rings (SSSR count). The minimum absolute atomic E-state index is 0.0704. The van der Waals surface area contributed by atoms with E-state index in [1.807, 2.05) is 49.4 Å². The number of anilines is 2. The van der Waals surface area contributed by atoms with Crippen LogP contribution >= 0.6 is 11.8 Å². The van der Waals surface area contributed by atoms with Crippen molar-refractivity contribution in [2.75, 3.05) is 23.9 Å². The van der Waals surface area contributed by atoms with E-state index in [9.17, 15) is 4.79 Å². The summed E-state index contributed by atoms with van der Waals surface area (Å²) in [5, 5.41) is 2.85. The molecule has 0 unspecified atom stereocenters. The molecule has 0 spiro atoms. The second-order valence-corrected chi connectivity index (χ2v) is 5.60. The number of amides is 1. The molecule has 2 aromatic rings. The molecule has 0 aromatic heterocycles. The highest BCUT2D eigenvalue weighted by Crippen LogP contribution is 2.25. The highest BCUT2D eigenvalue weighted by molar-refractivity contribution is 8.00. The highest BCUT2D eigenvalue weighted by Gasteiger charge is 2.07. The summed E-state index contributed by atoms with van der Waals surface area (Å²) in [5.74, 6) is 0.916. The van der Waals surface area contributed by atoms with E-state index >= 15 is 0 Å². The molecule has 0 aliphatic rings. The summed E-state index contributed by atoms with van der Waals surface area (Å²) >= 11 is 1.48. The van der Waals surface area contributed by atoms with Gasteiger partial charge in [0.05, 0.1) is 18.6 Å². The zero-order valence-electron chi connectivity index (χ0n) is 12.1. The molecule has 0 saturated heterocycles. The van der Waals surface area contributed by atoms with Crippen molar-refractivity contribution in [2.24, 2.45) is 0 Å². The van der Waals surface area contributed by atoms with E-state index in [2.05, 4.69) is 5.32 Å². The number of hydrogen-bond donors (Lipinski definition) is 2. The number of nitrogen functional groups attached to an aromatic ring is 1. The Kier molecular flexibility index (Phi) is 5.11. The van der Waals surface area contributed by atoms with Crippen molar-refractivity contribution in [1.29, 1.82) is 0 Å². The molecule has 110 valence electrons. The summed E-state index contributed by atoms with van der Waals surface area (Å²) in [6, 6.07) is 13.1. The van der Waals surface area contributed by atoms with Crippen LogP contribution in [0.3, 0.4) is 0 Å². The van der Waals surface area contributed by atoms with Gasteiger partial charge in [-0.1, -0.05) is 12.1 Å².